The summed E-state index contributed by atoms with van der Waals surface area (Å²) in [6, 6.07) is 50.3. The molecule has 1 aliphatic rings. The van der Waals surface area contributed by atoms with E-state index in [4.69, 9.17) is 4.98 Å². The van der Waals surface area contributed by atoms with Crippen molar-refractivity contribution in [3.05, 3.63) is 169 Å². The number of nitrogens with zero attached hydrogens (tertiary/aromatic N) is 4. The number of hydrogen-bond acceptors (Lipinski definition) is 4. The fourth-order valence-corrected chi connectivity index (χ4v) is 8.09. The molecule has 4 nitrogen and oxygen atoms in total. The van der Waals surface area contributed by atoms with E-state index >= 15 is 0 Å². The molecule has 0 saturated carbocycles. The highest BCUT2D eigenvalue weighted by atomic mass is 15.1. The zero-order valence-corrected chi connectivity index (χ0v) is 28.3. The van der Waals surface area contributed by atoms with E-state index in [1.807, 2.05) is 24.5 Å². The van der Waals surface area contributed by atoms with Gasteiger partial charge >= 0.3 is 0 Å². The molecule has 240 valence electrons. The van der Waals surface area contributed by atoms with E-state index in [1.54, 1.807) is 6.20 Å². The van der Waals surface area contributed by atoms with Gasteiger partial charge in [0.05, 0.1) is 17.2 Å². The third kappa shape index (κ3) is 4.68. The molecule has 6 aromatic carbocycles. The molecule has 0 unspecified atom stereocenters. The third-order valence-electron chi connectivity index (χ3n) is 10.7. The standard InChI is InChI=1S/C47H32N4/c1-47(2)41-13-4-3-10-40(41)43-38(11-6-14-42(43)47)35-25-34(26-36(27-35)39-12-5-8-32-21-23-50-51-44(32)39)29-15-17-30(18-16-29)37-24-33-20-19-31-9-7-22-48-45(31)46(33)49-28-37/h3-28H,1-2H3. The Kier molecular flexibility index (Phi) is 6.49. The van der Waals surface area contributed by atoms with Crippen LogP contribution in [-0.4, -0.2) is 20.2 Å². The molecule has 0 amide bonds. The van der Waals surface area contributed by atoms with Gasteiger partial charge in [-0.15, -0.1) is 5.10 Å². The van der Waals surface area contributed by atoms with Crippen molar-refractivity contribution in [3.8, 4) is 55.6 Å². The Labute approximate surface area is 296 Å². The van der Waals surface area contributed by atoms with Crippen LogP contribution in [0.3, 0.4) is 0 Å². The van der Waals surface area contributed by atoms with Crippen LogP contribution in [-0.2, 0) is 5.41 Å². The van der Waals surface area contributed by atoms with Crippen molar-refractivity contribution in [2.24, 2.45) is 0 Å². The first-order valence-corrected chi connectivity index (χ1v) is 17.4. The quantitative estimate of drug-likeness (QED) is 0.178. The van der Waals surface area contributed by atoms with Gasteiger partial charge in [0.25, 0.3) is 0 Å². The molecule has 51 heavy (non-hydrogen) atoms. The molecule has 10 rings (SSSR count). The zero-order chi connectivity index (χ0) is 34.1. The van der Waals surface area contributed by atoms with Gasteiger partial charge in [-0.25, -0.2) is 0 Å². The van der Waals surface area contributed by atoms with Crippen LogP contribution in [0.1, 0.15) is 25.0 Å². The number of benzene rings is 6. The normalized spacial score (nSPS) is 13.1. The van der Waals surface area contributed by atoms with Crippen LogP contribution in [0.4, 0.5) is 0 Å². The second-order valence-corrected chi connectivity index (χ2v) is 14.0. The minimum absolute atomic E-state index is 0.0787. The lowest BCUT2D eigenvalue weighted by Gasteiger charge is -2.21. The predicted molar refractivity (Wildman–Crippen MR) is 209 cm³/mol. The predicted octanol–water partition coefficient (Wildman–Crippen LogP) is 11.7. The highest BCUT2D eigenvalue weighted by Crippen LogP contribution is 2.52. The summed E-state index contributed by atoms with van der Waals surface area (Å²) in [6.45, 7) is 4.67. The molecule has 0 radical (unpaired) electrons. The van der Waals surface area contributed by atoms with Crippen molar-refractivity contribution < 1.29 is 0 Å². The number of aromatic nitrogens is 4. The lowest BCUT2D eigenvalue weighted by Crippen LogP contribution is -2.14. The molecule has 3 heterocycles. The average Bonchev–Trinajstić information content (AvgIpc) is 3.43. The number of rotatable bonds is 4. The second kappa shape index (κ2) is 11.3. The number of fused-ring (bicyclic) bond motifs is 7. The Bertz CT molecular complexity index is 2830. The number of hydrogen-bond donors (Lipinski definition) is 0. The summed E-state index contributed by atoms with van der Waals surface area (Å²) in [5.74, 6) is 0. The van der Waals surface area contributed by atoms with Crippen molar-refractivity contribution in [1.82, 2.24) is 20.2 Å². The third-order valence-corrected chi connectivity index (χ3v) is 10.7. The molecule has 0 N–H and O–H groups in total. The molecule has 0 fully saturated rings. The molecule has 0 aliphatic heterocycles. The molecule has 4 heteroatoms. The Morgan fingerprint density at radius 2 is 1.06 bits per heavy atom. The van der Waals surface area contributed by atoms with E-state index in [-0.39, 0.29) is 5.41 Å². The molecule has 0 bridgehead atoms. The van der Waals surface area contributed by atoms with E-state index in [9.17, 15) is 0 Å². The fraction of sp³-hybridized carbons (Fsp3) is 0.0638. The molecular weight excluding hydrogens is 621 g/mol. The van der Waals surface area contributed by atoms with Crippen molar-refractivity contribution in [2.45, 2.75) is 19.3 Å². The first kappa shape index (κ1) is 29.4. The van der Waals surface area contributed by atoms with E-state index in [1.165, 1.54) is 33.4 Å². The van der Waals surface area contributed by atoms with Crippen molar-refractivity contribution >= 4 is 32.7 Å². The molecule has 1 aliphatic carbocycles. The molecule has 9 aromatic rings. The monoisotopic (exact) mass is 652 g/mol. The maximum absolute atomic E-state index is 4.86. The number of pyridine rings is 2. The lowest BCUT2D eigenvalue weighted by molar-refractivity contribution is 0.660. The van der Waals surface area contributed by atoms with E-state index in [2.05, 4.69) is 156 Å². The Balaban J connectivity index is 1.13. The summed E-state index contributed by atoms with van der Waals surface area (Å²) in [7, 11) is 0. The van der Waals surface area contributed by atoms with Gasteiger partial charge in [-0.05, 0) is 92.0 Å². The van der Waals surface area contributed by atoms with Crippen LogP contribution in [0.5, 0.6) is 0 Å². The van der Waals surface area contributed by atoms with Gasteiger partial charge in [0.2, 0.25) is 0 Å². The van der Waals surface area contributed by atoms with Crippen molar-refractivity contribution in [1.29, 1.82) is 0 Å². The first-order valence-electron chi connectivity index (χ1n) is 17.4. The summed E-state index contributed by atoms with van der Waals surface area (Å²) < 4.78 is 0. The van der Waals surface area contributed by atoms with Crippen molar-refractivity contribution in [2.75, 3.05) is 0 Å². The van der Waals surface area contributed by atoms with Crippen LogP contribution >= 0.6 is 0 Å². The second-order valence-electron chi connectivity index (χ2n) is 14.0. The zero-order valence-electron chi connectivity index (χ0n) is 28.3. The highest BCUT2D eigenvalue weighted by molar-refractivity contribution is 6.04. The van der Waals surface area contributed by atoms with Crippen LogP contribution < -0.4 is 0 Å². The maximum atomic E-state index is 4.86. The Morgan fingerprint density at radius 1 is 0.412 bits per heavy atom. The fourth-order valence-electron chi connectivity index (χ4n) is 8.09. The first-order chi connectivity index (χ1) is 25.0. The Morgan fingerprint density at radius 3 is 1.94 bits per heavy atom. The van der Waals surface area contributed by atoms with Crippen LogP contribution in [0.2, 0.25) is 0 Å². The Hall–Kier alpha value is -6.52. The molecule has 3 aromatic heterocycles. The van der Waals surface area contributed by atoms with Gasteiger partial charge in [0.15, 0.2) is 0 Å². The minimum atomic E-state index is -0.0787. The van der Waals surface area contributed by atoms with Gasteiger partial charge in [0.1, 0.15) is 5.52 Å². The van der Waals surface area contributed by atoms with Gasteiger partial charge in [-0.3, -0.25) is 9.97 Å². The summed E-state index contributed by atoms with van der Waals surface area (Å²) in [5, 5.41) is 12.1. The topological polar surface area (TPSA) is 51.6 Å². The largest absolute Gasteiger partial charge is 0.254 e. The smallest absolute Gasteiger partial charge is 0.101 e. The van der Waals surface area contributed by atoms with Crippen molar-refractivity contribution in [3.63, 3.8) is 0 Å². The van der Waals surface area contributed by atoms with Crippen LogP contribution in [0.25, 0.3) is 88.3 Å². The summed E-state index contributed by atoms with van der Waals surface area (Å²) in [4.78, 5) is 9.46. The van der Waals surface area contributed by atoms with Gasteiger partial charge in [0, 0.05) is 45.1 Å². The van der Waals surface area contributed by atoms with E-state index in [0.29, 0.717) is 0 Å². The van der Waals surface area contributed by atoms with Gasteiger partial charge < -0.3 is 0 Å². The highest BCUT2D eigenvalue weighted by Gasteiger charge is 2.36. The van der Waals surface area contributed by atoms with Crippen LogP contribution in [0, 0.1) is 0 Å². The SMILES string of the molecule is CC1(C)c2ccccc2-c2c(-c3cc(-c4ccc(-c5cnc6c(ccc7cccnc76)c5)cc4)cc(-c4cccc5ccnnc45)c3)cccc21. The minimum Gasteiger partial charge on any atom is -0.254 e. The van der Waals surface area contributed by atoms with Crippen LogP contribution in [0.15, 0.2) is 158 Å². The van der Waals surface area contributed by atoms with E-state index in [0.717, 1.165) is 66.1 Å². The molecule has 0 spiro atoms. The summed E-state index contributed by atoms with van der Waals surface area (Å²) >= 11 is 0. The van der Waals surface area contributed by atoms with Gasteiger partial charge in [-0.2, -0.15) is 5.10 Å². The molecule has 0 saturated heterocycles. The molecule has 0 atom stereocenters. The van der Waals surface area contributed by atoms with E-state index < -0.39 is 0 Å². The average molecular weight is 653 g/mol. The maximum Gasteiger partial charge on any atom is 0.101 e. The summed E-state index contributed by atoms with van der Waals surface area (Å²) in [5.41, 5.74) is 17.1. The molecular formula is C47H32N4. The summed E-state index contributed by atoms with van der Waals surface area (Å²) in [6.07, 6.45) is 5.54. The lowest BCUT2D eigenvalue weighted by atomic mass is 9.82. The van der Waals surface area contributed by atoms with Gasteiger partial charge in [-0.1, -0.05) is 117 Å².